The van der Waals surface area contributed by atoms with Crippen LogP contribution in [0.2, 0.25) is 0 Å². The lowest BCUT2D eigenvalue weighted by Gasteiger charge is -2.20. The van der Waals surface area contributed by atoms with E-state index in [4.69, 9.17) is 4.74 Å². The summed E-state index contributed by atoms with van der Waals surface area (Å²) in [5.74, 6) is 0.507. The van der Waals surface area contributed by atoms with Crippen molar-refractivity contribution in [3.05, 3.63) is 113 Å². The Balaban J connectivity index is 1.53. The SMILES string of the molecule is O=C(NC(c1ccccc1)c1ccccc1)c1ccc(Oc2nccs2)cc1. The summed E-state index contributed by atoms with van der Waals surface area (Å²) in [7, 11) is 0. The highest BCUT2D eigenvalue weighted by Crippen LogP contribution is 2.25. The zero-order chi connectivity index (χ0) is 19.2. The van der Waals surface area contributed by atoms with E-state index in [1.54, 1.807) is 30.5 Å². The van der Waals surface area contributed by atoms with Gasteiger partial charge in [0.25, 0.3) is 11.1 Å². The maximum absolute atomic E-state index is 12.9. The summed E-state index contributed by atoms with van der Waals surface area (Å²) in [6, 6.07) is 26.7. The van der Waals surface area contributed by atoms with E-state index in [1.165, 1.54) is 11.3 Å². The summed E-state index contributed by atoms with van der Waals surface area (Å²) in [6.07, 6.45) is 1.69. The second kappa shape index (κ2) is 8.50. The maximum Gasteiger partial charge on any atom is 0.278 e. The zero-order valence-corrected chi connectivity index (χ0v) is 15.8. The molecule has 0 saturated carbocycles. The highest BCUT2D eigenvalue weighted by molar-refractivity contribution is 7.11. The van der Waals surface area contributed by atoms with E-state index in [-0.39, 0.29) is 11.9 Å². The van der Waals surface area contributed by atoms with Crippen molar-refractivity contribution >= 4 is 17.2 Å². The first-order valence-electron chi connectivity index (χ1n) is 8.88. The molecule has 0 spiro atoms. The Morgan fingerprint density at radius 1 is 0.857 bits per heavy atom. The molecular formula is C23H18N2O2S. The van der Waals surface area contributed by atoms with Gasteiger partial charge in [0, 0.05) is 17.1 Å². The lowest BCUT2D eigenvalue weighted by atomic mass is 9.98. The zero-order valence-electron chi connectivity index (χ0n) is 15.0. The Kier molecular flexibility index (Phi) is 5.45. The van der Waals surface area contributed by atoms with E-state index >= 15 is 0 Å². The number of benzene rings is 3. The van der Waals surface area contributed by atoms with Crippen molar-refractivity contribution in [1.29, 1.82) is 0 Å². The Bertz CT molecular complexity index is 978. The molecule has 0 atom stereocenters. The molecule has 4 aromatic rings. The monoisotopic (exact) mass is 386 g/mol. The third-order valence-electron chi connectivity index (χ3n) is 4.27. The summed E-state index contributed by atoms with van der Waals surface area (Å²) >= 11 is 1.42. The summed E-state index contributed by atoms with van der Waals surface area (Å²) in [4.78, 5) is 17.0. The number of aromatic nitrogens is 1. The normalized spacial score (nSPS) is 10.6. The van der Waals surface area contributed by atoms with Crippen LogP contribution in [0.15, 0.2) is 96.5 Å². The van der Waals surface area contributed by atoms with Gasteiger partial charge >= 0.3 is 0 Å². The van der Waals surface area contributed by atoms with E-state index in [0.717, 1.165) is 11.1 Å². The summed E-state index contributed by atoms with van der Waals surface area (Å²) in [5.41, 5.74) is 2.64. The molecule has 0 bridgehead atoms. The molecule has 3 aromatic carbocycles. The van der Waals surface area contributed by atoms with Crippen molar-refractivity contribution in [2.45, 2.75) is 6.04 Å². The number of carbonyl (C=O) groups is 1. The van der Waals surface area contributed by atoms with Crippen LogP contribution in [-0.2, 0) is 0 Å². The number of carbonyl (C=O) groups excluding carboxylic acids is 1. The summed E-state index contributed by atoms with van der Waals surface area (Å²) in [6.45, 7) is 0. The van der Waals surface area contributed by atoms with E-state index in [2.05, 4.69) is 10.3 Å². The van der Waals surface area contributed by atoms with Gasteiger partial charge in [-0.25, -0.2) is 4.98 Å². The molecule has 0 radical (unpaired) electrons. The van der Waals surface area contributed by atoms with E-state index in [0.29, 0.717) is 16.5 Å². The molecule has 0 aliphatic rings. The Morgan fingerprint density at radius 3 is 2.00 bits per heavy atom. The van der Waals surface area contributed by atoms with Gasteiger partial charge in [-0.05, 0) is 35.4 Å². The smallest absolute Gasteiger partial charge is 0.278 e. The first-order chi connectivity index (χ1) is 13.8. The molecule has 4 nitrogen and oxygen atoms in total. The Labute approximate surface area is 167 Å². The molecule has 5 heteroatoms. The molecule has 28 heavy (non-hydrogen) atoms. The molecular weight excluding hydrogens is 368 g/mol. The highest BCUT2D eigenvalue weighted by atomic mass is 32.1. The summed E-state index contributed by atoms with van der Waals surface area (Å²) in [5, 5.41) is 5.57. The fourth-order valence-corrected chi connectivity index (χ4v) is 3.40. The fourth-order valence-electron chi connectivity index (χ4n) is 2.90. The van der Waals surface area contributed by atoms with Crippen molar-refractivity contribution in [3.63, 3.8) is 0 Å². The van der Waals surface area contributed by atoms with Gasteiger partial charge in [0.15, 0.2) is 0 Å². The van der Waals surface area contributed by atoms with Crippen LogP contribution in [0.1, 0.15) is 27.5 Å². The average Bonchev–Trinajstić information content (AvgIpc) is 3.27. The topological polar surface area (TPSA) is 51.2 Å². The summed E-state index contributed by atoms with van der Waals surface area (Å²) < 4.78 is 5.65. The van der Waals surface area contributed by atoms with E-state index < -0.39 is 0 Å². The average molecular weight is 386 g/mol. The van der Waals surface area contributed by atoms with Crippen LogP contribution >= 0.6 is 11.3 Å². The molecule has 0 fully saturated rings. The lowest BCUT2D eigenvalue weighted by Crippen LogP contribution is -2.29. The van der Waals surface area contributed by atoms with Gasteiger partial charge in [0.1, 0.15) is 5.75 Å². The van der Waals surface area contributed by atoms with Gasteiger partial charge in [-0.2, -0.15) is 0 Å². The van der Waals surface area contributed by atoms with Gasteiger partial charge in [-0.1, -0.05) is 72.0 Å². The fraction of sp³-hybridized carbons (Fsp3) is 0.0435. The van der Waals surface area contributed by atoms with Gasteiger partial charge in [-0.3, -0.25) is 4.79 Å². The molecule has 1 N–H and O–H groups in total. The van der Waals surface area contributed by atoms with Gasteiger partial charge in [0.2, 0.25) is 0 Å². The number of nitrogens with zero attached hydrogens (tertiary/aromatic N) is 1. The second-order valence-electron chi connectivity index (χ2n) is 6.15. The predicted molar refractivity (Wildman–Crippen MR) is 111 cm³/mol. The molecule has 1 heterocycles. The molecule has 0 aliphatic carbocycles. The highest BCUT2D eigenvalue weighted by Gasteiger charge is 2.17. The second-order valence-corrected chi connectivity index (χ2v) is 7.01. The van der Waals surface area contributed by atoms with Crippen molar-refractivity contribution in [3.8, 4) is 10.9 Å². The van der Waals surface area contributed by atoms with Crippen molar-refractivity contribution in [2.75, 3.05) is 0 Å². The number of thiazole rings is 1. The van der Waals surface area contributed by atoms with Crippen LogP contribution in [0.5, 0.6) is 10.9 Å². The maximum atomic E-state index is 12.9. The number of ether oxygens (including phenoxy) is 1. The minimum atomic E-state index is -0.221. The standard InChI is InChI=1S/C23H18N2O2S/c26-22(19-11-13-20(14-12-19)27-23-24-15-16-28-23)25-21(17-7-3-1-4-8-17)18-9-5-2-6-10-18/h1-16,21H,(H,25,26). The molecule has 138 valence electrons. The van der Waals surface area contributed by atoms with Gasteiger partial charge in [0.05, 0.1) is 6.04 Å². The van der Waals surface area contributed by atoms with Crippen LogP contribution in [0.25, 0.3) is 0 Å². The third kappa shape index (κ3) is 4.27. The Morgan fingerprint density at radius 2 is 1.46 bits per heavy atom. The minimum absolute atomic E-state index is 0.140. The van der Waals surface area contributed by atoms with Crippen molar-refractivity contribution in [2.24, 2.45) is 0 Å². The largest absolute Gasteiger partial charge is 0.431 e. The van der Waals surface area contributed by atoms with Gasteiger partial charge in [-0.15, -0.1) is 0 Å². The van der Waals surface area contributed by atoms with Crippen LogP contribution in [-0.4, -0.2) is 10.9 Å². The molecule has 1 amide bonds. The van der Waals surface area contributed by atoms with Crippen LogP contribution in [0, 0.1) is 0 Å². The number of rotatable bonds is 6. The molecule has 0 unspecified atom stereocenters. The van der Waals surface area contributed by atoms with Crippen molar-refractivity contribution < 1.29 is 9.53 Å². The first kappa shape index (κ1) is 17.9. The number of amides is 1. The minimum Gasteiger partial charge on any atom is -0.431 e. The lowest BCUT2D eigenvalue weighted by molar-refractivity contribution is 0.0943. The molecule has 1 aromatic heterocycles. The Hall–Kier alpha value is -3.44. The third-order valence-corrected chi connectivity index (χ3v) is 4.92. The van der Waals surface area contributed by atoms with E-state index in [1.807, 2.05) is 66.0 Å². The molecule has 0 aliphatic heterocycles. The molecule has 4 rings (SSSR count). The van der Waals surface area contributed by atoms with Crippen LogP contribution in [0.3, 0.4) is 0 Å². The predicted octanol–water partition coefficient (Wildman–Crippen LogP) is 5.45. The first-order valence-corrected chi connectivity index (χ1v) is 9.76. The van der Waals surface area contributed by atoms with Crippen LogP contribution < -0.4 is 10.1 Å². The van der Waals surface area contributed by atoms with Gasteiger partial charge < -0.3 is 10.1 Å². The van der Waals surface area contributed by atoms with Crippen molar-refractivity contribution in [1.82, 2.24) is 10.3 Å². The number of nitrogens with one attached hydrogen (secondary N) is 1. The number of hydrogen-bond acceptors (Lipinski definition) is 4. The molecule has 0 saturated heterocycles. The quantitative estimate of drug-likeness (QED) is 0.479. The number of hydrogen-bond donors (Lipinski definition) is 1. The van der Waals surface area contributed by atoms with E-state index in [9.17, 15) is 4.79 Å². The van der Waals surface area contributed by atoms with Crippen LogP contribution in [0.4, 0.5) is 0 Å².